The Morgan fingerprint density at radius 1 is 1.35 bits per heavy atom. The van der Waals surface area contributed by atoms with E-state index in [0.717, 1.165) is 31.3 Å². The molecule has 9 heteroatoms. The molecule has 2 aliphatic heterocycles. The molecule has 34 heavy (non-hydrogen) atoms. The highest BCUT2D eigenvalue weighted by Crippen LogP contribution is 2.31. The van der Waals surface area contributed by atoms with Gasteiger partial charge < -0.3 is 20.7 Å². The Labute approximate surface area is 199 Å². The van der Waals surface area contributed by atoms with E-state index in [1.165, 1.54) is 18.9 Å². The Morgan fingerprint density at radius 2 is 2.18 bits per heavy atom. The fourth-order valence-electron chi connectivity index (χ4n) is 4.56. The van der Waals surface area contributed by atoms with Gasteiger partial charge in [-0.3, -0.25) is 4.98 Å². The number of nitrogens with zero attached hydrogens (tertiary/aromatic N) is 5. The topological polar surface area (TPSA) is 100 Å². The number of pyridine rings is 1. The van der Waals surface area contributed by atoms with E-state index in [1.807, 2.05) is 11.8 Å². The largest absolute Gasteiger partial charge is 0.382 e. The number of hydrogen-bond acceptors (Lipinski definition) is 7. The summed E-state index contributed by atoms with van der Waals surface area (Å²) in [4.78, 5) is 19.1. The van der Waals surface area contributed by atoms with Gasteiger partial charge in [-0.05, 0) is 69.5 Å². The SMILES string of the molecule is C=N/C(N)=C1/N=C(c2cncc(F)c2)N(CC2=CCC(C3CCNCC3)C=C2)/C1=N/COCC. The highest BCUT2D eigenvalue weighted by molar-refractivity contribution is 6.20. The minimum Gasteiger partial charge on any atom is -0.382 e. The Bertz CT molecular complexity index is 1050. The van der Waals surface area contributed by atoms with E-state index in [4.69, 9.17) is 10.5 Å². The number of hydrogen-bond donors (Lipinski definition) is 2. The summed E-state index contributed by atoms with van der Waals surface area (Å²) >= 11 is 0. The molecule has 1 aromatic heterocycles. The molecule has 0 bridgehead atoms. The predicted octanol–water partition coefficient (Wildman–Crippen LogP) is 3.01. The first kappa shape index (κ1) is 24.0. The lowest BCUT2D eigenvalue weighted by molar-refractivity contribution is 0.156. The van der Waals surface area contributed by atoms with Crippen LogP contribution in [0.5, 0.6) is 0 Å². The van der Waals surface area contributed by atoms with Crippen LogP contribution in [0.25, 0.3) is 0 Å². The molecule has 8 nitrogen and oxygen atoms in total. The van der Waals surface area contributed by atoms with Crippen LogP contribution in [0.2, 0.25) is 0 Å². The van der Waals surface area contributed by atoms with E-state index < -0.39 is 5.82 Å². The second-order valence-electron chi connectivity index (χ2n) is 8.53. The molecular formula is C25H32FN7O. The Balaban J connectivity index is 1.63. The average molecular weight is 466 g/mol. The zero-order valence-corrected chi connectivity index (χ0v) is 19.6. The van der Waals surface area contributed by atoms with Gasteiger partial charge in [0.15, 0.2) is 17.4 Å². The monoisotopic (exact) mass is 465 g/mol. The van der Waals surface area contributed by atoms with E-state index in [0.29, 0.717) is 47.9 Å². The van der Waals surface area contributed by atoms with Crippen LogP contribution in [0.1, 0.15) is 31.7 Å². The van der Waals surface area contributed by atoms with Crippen LogP contribution < -0.4 is 11.1 Å². The van der Waals surface area contributed by atoms with Gasteiger partial charge in [0.1, 0.15) is 18.4 Å². The summed E-state index contributed by atoms with van der Waals surface area (Å²) in [5, 5.41) is 3.44. The van der Waals surface area contributed by atoms with Gasteiger partial charge in [0, 0.05) is 18.4 Å². The van der Waals surface area contributed by atoms with Crippen molar-refractivity contribution in [2.45, 2.75) is 26.2 Å². The second kappa shape index (κ2) is 11.3. The number of rotatable bonds is 8. The molecule has 0 spiro atoms. The first-order chi connectivity index (χ1) is 16.6. The van der Waals surface area contributed by atoms with Gasteiger partial charge in [0.05, 0.1) is 12.7 Å². The van der Waals surface area contributed by atoms with Gasteiger partial charge >= 0.3 is 0 Å². The first-order valence-corrected chi connectivity index (χ1v) is 11.7. The molecule has 1 aliphatic carbocycles. The first-order valence-electron chi connectivity index (χ1n) is 11.7. The lowest BCUT2D eigenvalue weighted by Crippen LogP contribution is -2.36. The van der Waals surface area contributed by atoms with Crippen molar-refractivity contribution in [3.05, 3.63) is 65.2 Å². The maximum absolute atomic E-state index is 14.0. The number of piperidine rings is 1. The molecule has 3 aliphatic rings. The fourth-order valence-corrected chi connectivity index (χ4v) is 4.56. The van der Waals surface area contributed by atoms with Crippen LogP contribution >= 0.6 is 0 Å². The lowest BCUT2D eigenvalue weighted by Gasteiger charge is -2.30. The van der Waals surface area contributed by atoms with Crippen LogP contribution in [-0.2, 0) is 4.74 Å². The summed E-state index contributed by atoms with van der Waals surface area (Å²) in [5.74, 6) is 2.02. The number of aliphatic imine (C=N–C) groups is 3. The third-order valence-electron chi connectivity index (χ3n) is 6.37. The molecule has 1 fully saturated rings. The summed E-state index contributed by atoms with van der Waals surface area (Å²) < 4.78 is 19.5. The van der Waals surface area contributed by atoms with E-state index in [2.05, 4.69) is 50.2 Å². The third kappa shape index (κ3) is 5.48. The maximum atomic E-state index is 14.0. The Morgan fingerprint density at radius 3 is 2.85 bits per heavy atom. The van der Waals surface area contributed by atoms with Gasteiger partial charge in [-0.15, -0.1) is 0 Å². The van der Waals surface area contributed by atoms with Crippen LogP contribution in [0.15, 0.2) is 68.8 Å². The standard InChI is InChI=1S/C25H32FN7O/c1-3-34-16-31-25-22(23(27)28-2)32-24(20-12-21(26)14-30-13-20)33(25)15-17-4-6-18(7-5-17)19-8-10-29-11-9-19/h4-6,12-14,18-19,29H,2-3,7-11,15-16,27H2,1H3/b23-22+,31-25+. The number of amidine groups is 2. The number of aromatic nitrogens is 1. The van der Waals surface area contributed by atoms with E-state index >= 15 is 0 Å². The molecule has 1 aromatic rings. The number of nitrogens with one attached hydrogen (secondary N) is 1. The molecule has 1 unspecified atom stereocenters. The summed E-state index contributed by atoms with van der Waals surface area (Å²) in [5.41, 5.74) is 8.17. The predicted molar refractivity (Wildman–Crippen MR) is 133 cm³/mol. The second-order valence-corrected chi connectivity index (χ2v) is 8.53. The Kier molecular flexibility index (Phi) is 7.97. The summed E-state index contributed by atoms with van der Waals surface area (Å²) in [6.45, 7) is 8.80. The summed E-state index contributed by atoms with van der Waals surface area (Å²) in [6.07, 6.45) is 13.0. The molecule has 0 radical (unpaired) electrons. The van der Waals surface area contributed by atoms with Crippen molar-refractivity contribution in [3.8, 4) is 0 Å². The molecule has 0 aromatic carbocycles. The van der Waals surface area contributed by atoms with Gasteiger partial charge in [0.25, 0.3) is 0 Å². The molecule has 1 atom stereocenters. The van der Waals surface area contributed by atoms with Crippen molar-refractivity contribution in [1.29, 1.82) is 0 Å². The van der Waals surface area contributed by atoms with Crippen molar-refractivity contribution in [1.82, 2.24) is 15.2 Å². The quantitative estimate of drug-likeness (QED) is 0.454. The zero-order valence-electron chi connectivity index (χ0n) is 19.6. The molecule has 1 saturated heterocycles. The van der Waals surface area contributed by atoms with Gasteiger partial charge in [-0.1, -0.05) is 18.2 Å². The number of ether oxygens (including phenoxy) is 1. The van der Waals surface area contributed by atoms with Crippen LogP contribution in [0.4, 0.5) is 4.39 Å². The molecule has 3 N–H and O–H groups in total. The van der Waals surface area contributed by atoms with Crippen LogP contribution in [0, 0.1) is 17.7 Å². The van der Waals surface area contributed by atoms with Gasteiger partial charge in [-0.25, -0.2) is 19.4 Å². The lowest BCUT2D eigenvalue weighted by atomic mass is 9.80. The van der Waals surface area contributed by atoms with E-state index in [1.54, 1.807) is 6.20 Å². The van der Waals surface area contributed by atoms with E-state index in [9.17, 15) is 4.39 Å². The molecule has 180 valence electrons. The highest BCUT2D eigenvalue weighted by Gasteiger charge is 2.32. The average Bonchev–Trinajstić information content (AvgIpc) is 3.22. The van der Waals surface area contributed by atoms with E-state index in [-0.39, 0.29) is 12.6 Å². The van der Waals surface area contributed by atoms with Crippen LogP contribution in [0.3, 0.4) is 0 Å². The number of allylic oxidation sites excluding steroid dienone is 2. The van der Waals surface area contributed by atoms with Crippen LogP contribution in [-0.4, -0.2) is 61.2 Å². The molecular weight excluding hydrogens is 433 g/mol. The minimum atomic E-state index is -0.443. The maximum Gasteiger partial charge on any atom is 0.162 e. The summed E-state index contributed by atoms with van der Waals surface area (Å²) in [7, 11) is 0. The van der Waals surface area contributed by atoms with Crippen molar-refractivity contribution in [2.75, 3.05) is 33.0 Å². The zero-order chi connectivity index (χ0) is 23.9. The fraction of sp³-hybridized carbons (Fsp3) is 0.440. The molecule has 0 amide bonds. The molecule has 3 heterocycles. The third-order valence-corrected chi connectivity index (χ3v) is 6.37. The normalized spacial score (nSPS) is 23.8. The van der Waals surface area contributed by atoms with Crippen molar-refractivity contribution < 1.29 is 9.13 Å². The van der Waals surface area contributed by atoms with Crippen molar-refractivity contribution in [2.24, 2.45) is 32.5 Å². The van der Waals surface area contributed by atoms with Gasteiger partial charge in [-0.2, -0.15) is 0 Å². The number of nitrogens with two attached hydrogens (primary N) is 1. The molecule has 4 rings (SSSR count). The van der Waals surface area contributed by atoms with Crippen molar-refractivity contribution >= 4 is 18.4 Å². The minimum absolute atomic E-state index is 0.146. The smallest absolute Gasteiger partial charge is 0.162 e. The summed E-state index contributed by atoms with van der Waals surface area (Å²) in [6, 6.07) is 1.40. The Hall–Kier alpha value is -3.17. The van der Waals surface area contributed by atoms with Crippen molar-refractivity contribution in [3.63, 3.8) is 0 Å². The van der Waals surface area contributed by atoms with Gasteiger partial charge in [0.2, 0.25) is 0 Å². The molecule has 0 saturated carbocycles. The number of halogens is 1. The highest BCUT2D eigenvalue weighted by atomic mass is 19.1.